The van der Waals surface area contributed by atoms with Crippen LogP contribution in [-0.4, -0.2) is 0 Å². The Balaban J connectivity index is 0.000000124. The van der Waals surface area contributed by atoms with Gasteiger partial charge in [0.1, 0.15) is 54.6 Å². The predicted octanol–water partition coefficient (Wildman–Crippen LogP) is 15.7. The summed E-state index contributed by atoms with van der Waals surface area (Å²) in [5.74, 6) is 0. The number of aromatic nitrogens is 3. The molecule has 12 rings (SSSR count). The van der Waals surface area contributed by atoms with Crippen molar-refractivity contribution in [3.8, 4) is 33.8 Å². The normalized spacial score (nSPS) is 11.1. The maximum absolute atomic E-state index is 7.84. The van der Waals surface area contributed by atoms with Gasteiger partial charge in [-0.25, -0.2) is 28.2 Å². The minimum absolute atomic E-state index is 0.556. The minimum atomic E-state index is 0.556. The second-order valence-electron chi connectivity index (χ2n) is 18.4. The summed E-state index contributed by atoms with van der Waals surface area (Å²) in [6.07, 6.45) is 6.12. The number of nitrogens with zero attached hydrogens (tertiary/aromatic N) is 6. The van der Waals surface area contributed by atoms with Crippen LogP contribution in [0.3, 0.4) is 0 Å². The van der Waals surface area contributed by atoms with Crippen LogP contribution in [0.5, 0.6) is 0 Å². The number of pyridine rings is 3. The molecule has 9 nitrogen and oxygen atoms in total. The summed E-state index contributed by atoms with van der Waals surface area (Å²) in [4.78, 5) is 11.2. The highest BCUT2D eigenvalue weighted by atomic mass is 16.3. The zero-order chi connectivity index (χ0) is 50.5. The van der Waals surface area contributed by atoms with Crippen LogP contribution in [0.2, 0.25) is 0 Å². The Labute approximate surface area is 418 Å². The number of fused-ring (bicyclic) bond motifs is 9. The van der Waals surface area contributed by atoms with Gasteiger partial charge in [-0.15, -0.1) is 0 Å². The van der Waals surface area contributed by atoms with E-state index in [0.29, 0.717) is 22.6 Å². The monoisotopic (exact) mass is 939 g/mol. The lowest BCUT2D eigenvalue weighted by Crippen LogP contribution is -2.30. The van der Waals surface area contributed by atoms with Crippen molar-refractivity contribution < 1.29 is 27.0 Å². The van der Waals surface area contributed by atoms with Crippen LogP contribution in [0.1, 0.15) is 33.4 Å². The molecule has 0 saturated heterocycles. The summed E-state index contributed by atoms with van der Waals surface area (Å²) in [7, 11) is 6.10. The van der Waals surface area contributed by atoms with E-state index in [9.17, 15) is 0 Å². The molecule has 0 fully saturated rings. The van der Waals surface area contributed by atoms with Crippen molar-refractivity contribution in [2.45, 2.75) is 41.5 Å². The van der Waals surface area contributed by atoms with Gasteiger partial charge in [0, 0.05) is 68.7 Å². The first-order valence-electron chi connectivity index (χ1n) is 23.7. The standard InChI is InChI=1S/3C21H17N2O/c1-13-14(2)21-16(12-15(13)18-9-5-6-11-23(18)4)20-17(22-3)8-7-10-19(20)24-21;1-13-14(2)21-19(15-9-5-6-11-17(15)24-21)20(22-3)18(13)16-10-7-8-12-23(16)4;1-13-10-11-23(4)18(12-13)19-14(2)8-9-16-15-6-5-7-17(22-3)20(15)24-21(16)19/h3*5-12H,1-2,4H3/q3*+1. The van der Waals surface area contributed by atoms with Crippen LogP contribution < -0.4 is 13.7 Å². The lowest BCUT2D eigenvalue weighted by Gasteiger charge is -2.11. The van der Waals surface area contributed by atoms with Gasteiger partial charge in [-0.1, -0.05) is 60.7 Å². The number of furan rings is 3. The average molecular weight is 940 g/mol. The fourth-order valence-electron chi connectivity index (χ4n) is 10.0. The smallest absolute Gasteiger partial charge is 0.229 e. The van der Waals surface area contributed by atoms with Gasteiger partial charge in [-0.05, 0) is 105 Å². The van der Waals surface area contributed by atoms with Crippen molar-refractivity contribution in [1.29, 1.82) is 0 Å². The molecule has 0 aliphatic heterocycles. The van der Waals surface area contributed by atoms with E-state index < -0.39 is 0 Å². The molecule has 6 heterocycles. The van der Waals surface area contributed by atoms with Gasteiger partial charge in [0.15, 0.2) is 24.3 Å². The maximum Gasteiger partial charge on any atom is 0.229 e. The zero-order valence-corrected chi connectivity index (χ0v) is 41.8. The summed E-state index contributed by atoms with van der Waals surface area (Å²) in [6, 6.07) is 42.2. The van der Waals surface area contributed by atoms with Crippen LogP contribution in [0, 0.1) is 61.3 Å². The molecule has 0 atom stereocenters. The molecule has 72 heavy (non-hydrogen) atoms. The molecule has 348 valence electrons. The summed E-state index contributed by atoms with van der Waals surface area (Å²) in [6.45, 7) is 35.2. The second-order valence-corrected chi connectivity index (χ2v) is 18.4. The fraction of sp³-hybridized carbons (Fsp3) is 0.143. The third kappa shape index (κ3) is 7.68. The van der Waals surface area contributed by atoms with Crippen molar-refractivity contribution >= 4 is 82.9 Å². The summed E-state index contributed by atoms with van der Waals surface area (Å²) in [5, 5.41) is 5.89. The second kappa shape index (κ2) is 18.5. The van der Waals surface area contributed by atoms with Crippen LogP contribution in [0.25, 0.3) is 114 Å². The largest absolute Gasteiger partial charge is 0.466 e. The Kier molecular flexibility index (Phi) is 11.9. The van der Waals surface area contributed by atoms with Gasteiger partial charge >= 0.3 is 0 Å². The van der Waals surface area contributed by atoms with Gasteiger partial charge < -0.3 is 13.3 Å². The highest BCUT2D eigenvalue weighted by Gasteiger charge is 2.26. The first-order valence-corrected chi connectivity index (χ1v) is 23.7. The molecular weight excluding hydrogens is 889 g/mol. The van der Waals surface area contributed by atoms with E-state index in [2.05, 4.69) is 118 Å². The molecule has 12 aromatic rings. The molecule has 0 N–H and O–H groups in total. The Morgan fingerprint density at radius 3 is 1.74 bits per heavy atom. The van der Waals surface area contributed by atoms with E-state index >= 15 is 0 Å². The molecular formula is C63H51N6O3+3. The first-order chi connectivity index (χ1) is 34.8. The highest BCUT2D eigenvalue weighted by Crippen LogP contribution is 2.46. The number of hydrogen-bond donors (Lipinski definition) is 0. The summed E-state index contributed by atoms with van der Waals surface area (Å²) in [5.41, 5.74) is 20.1. The number of aryl methyl sites for hydroxylation is 7. The van der Waals surface area contributed by atoms with Crippen molar-refractivity contribution in [1.82, 2.24) is 0 Å². The van der Waals surface area contributed by atoms with Crippen molar-refractivity contribution in [2.24, 2.45) is 21.1 Å². The van der Waals surface area contributed by atoms with Crippen LogP contribution in [-0.2, 0) is 21.1 Å². The van der Waals surface area contributed by atoms with Gasteiger partial charge in [0.2, 0.25) is 28.5 Å². The third-order valence-electron chi connectivity index (χ3n) is 14.1. The third-order valence-corrected chi connectivity index (χ3v) is 14.1. The molecule has 0 spiro atoms. The quantitative estimate of drug-likeness (QED) is 0.131. The molecule has 0 saturated carbocycles. The lowest BCUT2D eigenvalue weighted by atomic mass is 9.94. The lowest BCUT2D eigenvalue weighted by molar-refractivity contribution is -0.660. The van der Waals surface area contributed by atoms with E-state index in [4.69, 9.17) is 33.0 Å². The van der Waals surface area contributed by atoms with E-state index in [1.54, 1.807) is 6.07 Å². The number of rotatable bonds is 3. The molecule has 6 aromatic carbocycles. The zero-order valence-electron chi connectivity index (χ0n) is 41.8. The highest BCUT2D eigenvalue weighted by molar-refractivity contribution is 6.17. The van der Waals surface area contributed by atoms with Crippen molar-refractivity contribution in [3.63, 3.8) is 0 Å². The molecule has 0 bridgehead atoms. The van der Waals surface area contributed by atoms with Crippen molar-refractivity contribution in [2.75, 3.05) is 0 Å². The molecule has 9 heteroatoms. The molecule has 0 unspecified atom stereocenters. The van der Waals surface area contributed by atoms with E-state index in [1.807, 2.05) is 112 Å². The van der Waals surface area contributed by atoms with Crippen LogP contribution >= 0.6 is 0 Å². The number of para-hydroxylation sites is 2. The number of hydrogen-bond acceptors (Lipinski definition) is 3. The van der Waals surface area contributed by atoms with Gasteiger partial charge in [-0.2, -0.15) is 0 Å². The Hall–Kier alpha value is -9.36. The molecule has 0 amide bonds. The Morgan fingerprint density at radius 1 is 0.403 bits per heavy atom. The molecule has 0 aliphatic carbocycles. The topological polar surface area (TPSA) is 64.1 Å². The molecule has 0 radical (unpaired) electrons. The van der Waals surface area contributed by atoms with Gasteiger partial charge in [-0.3, -0.25) is 0 Å². The van der Waals surface area contributed by atoms with Crippen LogP contribution in [0.15, 0.2) is 159 Å². The maximum atomic E-state index is 7.84. The number of benzene rings is 6. The molecule has 6 aromatic heterocycles. The minimum Gasteiger partial charge on any atom is -0.466 e. The van der Waals surface area contributed by atoms with E-state index in [1.165, 1.54) is 16.7 Å². The predicted molar refractivity (Wildman–Crippen MR) is 288 cm³/mol. The average Bonchev–Trinajstić information content (AvgIpc) is 4.10. The van der Waals surface area contributed by atoms with E-state index in [0.717, 1.165) is 111 Å². The fourth-order valence-corrected chi connectivity index (χ4v) is 10.0. The van der Waals surface area contributed by atoms with E-state index in [-0.39, 0.29) is 0 Å². The summed E-state index contributed by atoms with van der Waals surface area (Å²) < 4.78 is 24.6. The Bertz CT molecular complexity index is 4320. The van der Waals surface area contributed by atoms with Crippen LogP contribution in [0.4, 0.5) is 17.1 Å². The Morgan fingerprint density at radius 2 is 1.01 bits per heavy atom. The first kappa shape index (κ1) is 46.4. The summed E-state index contributed by atoms with van der Waals surface area (Å²) >= 11 is 0. The van der Waals surface area contributed by atoms with Gasteiger partial charge in [0.05, 0.1) is 36.4 Å². The van der Waals surface area contributed by atoms with Gasteiger partial charge in [0.25, 0.3) is 0 Å². The van der Waals surface area contributed by atoms with Crippen molar-refractivity contribution in [3.05, 3.63) is 214 Å². The SMILES string of the molecule is [C-]#[N+]c1c(-c2cccc[n+]2C)c(C)c(C)c2oc3ccccc3c12.[C-]#[N+]c1cccc2c1oc1c(-c3cc(C)cc[n+]3C)c(C)ccc12.[C-]#[N+]c1cccc2oc3c(C)c(C)c(-c4cccc[n+]4C)cc3c12. The molecule has 0 aliphatic rings.